The molecule has 0 bridgehead atoms. The van der Waals surface area contributed by atoms with E-state index in [-0.39, 0.29) is 10.9 Å². The molecule has 112 valence electrons. The van der Waals surface area contributed by atoms with Crippen molar-refractivity contribution in [2.45, 2.75) is 12.1 Å². The molecule has 1 N–H and O–H groups in total. The average Bonchev–Trinajstić information content (AvgIpc) is 3.32. The Morgan fingerprint density at radius 2 is 2.10 bits per heavy atom. The van der Waals surface area contributed by atoms with Gasteiger partial charge in [0, 0.05) is 19.8 Å². The third kappa shape index (κ3) is 2.85. The highest BCUT2D eigenvalue weighted by Crippen LogP contribution is 2.47. The molecule has 1 aromatic rings. The second-order valence-electron chi connectivity index (χ2n) is 4.46. The number of benzene rings is 1. The van der Waals surface area contributed by atoms with Crippen LogP contribution in [0.4, 0.5) is 0 Å². The molecule has 0 aromatic heterocycles. The van der Waals surface area contributed by atoms with Crippen LogP contribution in [-0.2, 0) is 18.4 Å². The quantitative estimate of drug-likeness (QED) is 0.630. The Bertz CT molecular complexity index is 634. The van der Waals surface area contributed by atoms with Gasteiger partial charge >= 0.3 is 7.60 Å². The average molecular weight is 310 g/mol. The Balaban J connectivity index is 2.35. The summed E-state index contributed by atoms with van der Waals surface area (Å²) in [7, 11) is -1.14. The highest BCUT2D eigenvalue weighted by Gasteiger charge is 2.43. The Labute approximate surface area is 122 Å². The molecule has 0 radical (unpaired) electrons. The number of hydrogen-bond donors (Lipinski definition) is 1. The molecule has 2 atom stereocenters. The van der Waals surface area contributed by atoms with Gasteiger partial charge in [0.1, 0.15) is 6.04 Å². The van der Waals surface area contributed by atoms with Crippen molar-refractivity contribution in [3.8, 4) is 6.07 Å². The Morgan fingerprint density at radius 1 is 1.48 bits per heavy atom. The fourth-order valence-electron chi connectivity index (χ4n) is 2.02. The van der Waals surface area contributed by atoms with Gasteiger partial charge in [-0.1, -0.05) is 18.2 Å². The molecular formula is C13H15N2O5P. The molecule has 0 saturated carbocycles. The number of nitriles is 1. The van der Waals surface area contributed by atoms with Crippen molar-refractivity contribution in [3.05, 3.63) is 29.8 Å². The molecule has 1 aromatic carbocycles. The smallest absolute Gasteiger partial charge is 0.361 e. The lowest BCUT2D eigenvalue weighted by Gasteiger charge is -2.20. The number of nitrogens with zero attached hydrogens (tertiary/aromatic N) is 2. The van der Waals surface area contributed by atoms with Crippen LogP contribution in [0.15, 0.2) is 24.3 Å². The summed E-state index contributed by atoms with van der Waals surface area (Å²) in [5, 5.41) is 19.1. The summed E-state index contributed by atoms with van der Waals surface area (Å²) in [6.07, 6.45) is -1.52. The van der Waals surface area contributed by atoms with E-state index >= 15 is 0 Å². The summed E-state index contributed by atoms with van der Waals surface area (Å²) in [5.41, 5.74) is 0.151. The van der Waals surface area contributed by atoms with Crippen molar-refractivity contribution in [2.24, 2.45) is 0 Å². The lowest BCUT2D eigenvalue weighted by Crippen LogP contribution is -2.26. The predicted molar refractivity (Wildman–Crippen MR) is 73.8 cm³/mol. The molecule has 7 nitrogen and oxygen atoms in total. The van der Waals surface area contributed by atoms with Crippen LogP contribution in [0.2, 0.25) is 0 Å². The van der Waals surface area contributed by atoms with Gasteiger partial charge in [0.2, 0.25) is 0 Å². The van der Waals surface area contributed by atoms with Crippen LogP contribution in [-0.4, -0.2) is 42.7 Å². The monoisotopic (exact) mass is 310 g/mol. The normalized spacial score (nSPS) is 19.0. The van der Waals surface area contributed by atoms with E-state index in [1.165, 1.54) is 31.3 Å². The van der Waals surface area contributed by atoms with Gasteiger partial charge in [-0.05, 0) is 6.07 Å². The molecule has 0 spiro atoms. The molecule has 1 amide bonds. The highest BCUT2D eigenvalue weighted by molar-refractivity contribution is 7.62. The molecule has 1 saturated heterocycles. The maximum atomic E-state index is 12.5. The molecule has 1 aliphatic heterocycles. The number of aliphatic hydroxyl groups excluding tert-OH is 1. The van der Waals surface area contributed by atoms with Crippen molar-refractivity contribution in [3.63, 3.8) is 0 Å². The fourth-order valence-corrected chi connectivity index (χ4v) is 3.35. The maximum Gasteiger partial charge on any atom is 0.361 e. The third-order valence-electron chi connectivity index (χ3n) is 3.29. The van der Waals surface area contributed by atoms with Crippen LogP contribution >= 0.6 is 7.60 Å². The Kier molecular flexibility index (Phi) is 4.45. The van der Waals surface area contributed by atoms with Crippen molar-refractivity contribution in [2.75, 3.05) is 20.8 Å². The first kappa shape index (κ1) is 15.7. The summed E-state index contributed by atoms with van der Waals surface area (Å²) < 4.78 is 22.3. The summed E-state index contributed by atoms with van der Waals surface area (Å²) in [4.78, 5) is 13.3. The van der Waals surface area contributed by atoms with Gasteiger partial charge in [0.15, 0.2) is 6.10 Å². The van der Waals surface area contributed by atoms with Crippen LogP contribution < -0.4 is 5.30 Å². The molecular weight excluding hydrogens is 295 g/mol. The summed E-state index contributed by atoms with van der Waals surface area (Å²) in [6.45, 7) is 0.292. The van der Waals surface area contributed by atoms with E-state index in [1.54, 1.807) is 12.1 Å². The zero-order chi connectivity index (χ0) is 15.6. The first-order chi connectivity index (χ1) is 9.98. The van der Waals surface area contributed by atoms with Crippen molar-refractivity contribution < 1.29 is 23.5 Å². The molecule has 2 unspecified atom stereocenters. The molecule has 1 heterocycles. The van der Waals surface area contributed by atoms with Crippen LogP contribution in [0, 0.1) is 11.3 Å². The summed E-state index contributed by atoms with van der Waals surface area (Å²) >= 11 is 0. The third-order valence-corrected chi connectivity index (χ3v) is 5.24. The van der Waals surface area contributed by atoms with E-state index in [0.717, 1.165) is 0 Å². The number of carbonyl (C=O) groups excluding carboxylic acids is 1. The van der Waals surface area contributed by atoms with Crippen LogP contribution in [0.1, 0.15) is 11.7 Å². The van der Waals surface area contributed by atoms with Crippen LogP contribution in [0.3, 0.4) is 0 Å². The molecule has 21 heavy (non-hydrogen) atoms. The predicted octanol–water partition coefficient (Wildman–Crippen LogP) is 0.566. The number of hydrogen-bond acceptors (Lipinski definition) is 6. The maximum absolute atomic E-state index is 12.5. The first-order valence-electron chi connectivity index (χ1n) is 6.17. The second kappa shape index (κ2) is 5.96. The standard InChI is InChI=1S/C13H15N2O5P/c1-19-21(18,20-2)11-6-4-3-5-10(11)12(16)13(17)15-8-9(15)7-14/h3-6,9,12,16H,8H2,1-2H3. The number of amides is 1. The fraction of sp³-hybridized carbons (Fsp3) is 0.385. The lowest BCUT2D eigenvalue weighted by atomic mass is 10.1. The van der Waals surface area contributed by atoms with Gasteiger partial charge in [-0.15, -0.1) is 0 Å². The van der Waals surface area contributed by atoms with E-state index in [9.17, 15) is 14.5 Å². The number of carbonyl (C=O) groups is 1. The lowest BCUT2D eigenvalue weighted by molar-refractivity contribution is -0.134. The SMILES string of the molecule is COP(=O)(OC)c1ccccc1C(O)C(=O)N1CC1C#N. The minimum Gasteiger partial charge on any atom is -0.378 e. The van der Waals surface area contributed by atoms with Gasteiger partial charge < -0.3 is 19.1 Å². The van der Waals surface area contributed by atoms with Crippen LogP contribution in [0.5, 0.6) is 0 Å². The first-order valence-corrected chi connectivity index (χ1v) is 7.72. The zero-order valence-electron chi connectivity index (χ0n) is 11.6. The van der Waals surface area contributed by atoms with Gasteiger partial charge in [0.25, 0.3) is 5.91 Å². The molecule has 1 fully saturated rings. The molecule has 0 aliphatic carbocycles. The Hall–Kier alpha value is -1.71. The largest absolute Gasteiger partial charge is 0.378 e. The molecule has 1 aliphatic rings. The molecule has 2 rings (SSSR count). The van der Waals surface area contributed by atoms with Gasteiger partial charge in [0.05, 0.1) is 17.9 Å². The van der Waals surface area contributed by atoms with Crippen molar-refractivity contribution >= 4 is 18.8 Å². The minimum atomic E-state index is -3.59. The van der Waals surface area contributed by atoms with Crippen LogP contribution in [0.25, 0.3) is 0 Å². The van der Waals surface area contributed by atoms with Crippen molar-refractivity contribution in [1.82, 2.24) is 4.90 Å². The van der Waals surface area contributed by atoms with E-state index < -0.39 is 25.6 Å². The zero-order valence-corrected chi connectivity index (χ0v) is 12.5. The van der Waals surface area contributed by atoms with E-state index in [4.69, 9.17) is 14.3 Å². The van der Waals surface area contributed by atoms with Gasteiger partial charge in [-0.2, -0.15) is 5.26 Å². The Morgan fingerprint density at radius 3 is 2.62 bits per heavy atom. The minimum absolute atomic E-state index is 0.131. The second-order valence-corrected chi connectivity index (χ2v) is 6.67. The summed E-state index contributed by atoms with van der Waals surface area (Å²) in [5.74, 6) is -0.604. The van der Waals surface area contributed by atoms with E-state index in [1.807, 2.05) is 6.07 Å². The highest BCUT2D eigenvalue weighted by atomic mass is 31.2. The summed E-state index contributed by atoms with van der Waals surface area (Å²) in [6, 6.07) is 7.60. The van der Waals surface area contributed by atoms with E-state index in [0.29, 0.717) is 6.54 Å². The number of rotatable bonds is 5. The molecule has 8 heteroatoms. The van der Waals surface area contributed by atoms with Gasteiger partial charge in [-0.25, -0.2) is 0 Å². The van der Waals surface area contributed by atoms with E-state index in [2.05, 4.69) is 0 Å². The number of aliphatic hydroxyl groups is 1. The topological polar surface area (TPSA) is 99.6 Å². The van der Waals surface area contributed by atoms with Crippen molar-refractivity contribution in [1.29, 1.82) is 5.26 Å². The van der Waals surface area contributed by atoms with Gasteiger partial charge in [-0.3, -0.25) is 9.36 Å².